The van der Waals surface area contributed by atoms with Gasteiger partial charge in [-0.25, -0.2) is 4.98 Å². The first kappa shape index (κ1) is 28.7. The molecule has 14 heteroatoms. The Hall–Kier alpha value is -4.79. The highest BCUT2D eigenvalue weighted by molar-refractivity contribution is 7.17. The fraction of sp³-hybridized carbons (Fsp3) is 0.344. The van der Waals surface area contributed by atoms with Crippen molar-refractivity contribution in [2.75, 3.05) is 36.5 Å². The number of amides is 1. The molecule has 0 bridgehead atoms. The number of nitrogens with one attached hydrogen (secondary N) is 2. The van der Waals surface area contributed by atoms with Crippen LogP contribution in [0.15, 0.2) is 51.4 Å². The number of benzene rings is 1. The molecule has 1 aromatic carbocycles. The maximum atomic E-state index is 13.1. The van der Waals surface area contributed by atoms with Crippen LogP contribution in [0.5, 0.6) is 0 Å². The molecule has 8 rings (SSSR count). The summed E-state index contributed by atoms with van der Waals surface area (Å²) in [6.07, 6.45) is 7.76. The minimum atomic E-state index is -0.628. The Labute approximate surface area is 266 Å². The Morgan fingerprint density at radius 3 is 2.83 bits per heavy atom. The first-order valence-corrected chi connectivity index (χ1v) is 16.4. The van der Waals surface area contributed by atoms with Gasteiger partial charge in [-0.1, -0.05) is 25.0 Å². The Morgan fingerprint density at radius 2 is 2.00 bits per heavy atom. The van der Waals surface area contributed by atoms with Crippen molar-refractivity contribution < 1.29 is 13.9 Å². The first-order valence-electron chi connectivity index (χ1n) is 15.5. The normalized spacial score (nSPS) is 18.9. The third kappa shape index (κ3) is 4.89. The molecule has 1 amide bonds. The third-order valence-corrected chi connectivity index (χ3v) is 10.1. The maximum Gasteiger partial charge on any atom is 0.254 e. The number of carbonyl (C=O) groups excluding carboxylic acids is 1. The second-order valence-corrected chi connectivity index (χ2v) is 12.8. The smallest absolute Gasteiger partial charge is 0.254 e. The second kappa shape index (κ2) is 11.5. The van der Waals surface area contributed by atoms with Gasteiger partial charge in [0.1, 0.15) is 16.6 Å². The highest BCUT2D eigenvalue weighted by atomic mass is 32.1. The van der Waals surface area contributed by atoms with Crippen LogP contribution in [0.25, 0.3) is 38.0 Å². The molecule has 0 spiro atoms. The van der Waals surface area contributed by atoms with E-state index in [0.29, 0.717) is 66.2 Å². The lowest BCUT2D eigenvalue weighted by Crippen LogP contribution is -2.43. The topological polar surface area (TPSA) is 183 Å². The van der Waals surface area contributed by atoms with Crippen LogP contribution in [-0.4, -0.2) is 68.9 Å². The number of hydrogen-bond donors (Lipinski definition) is 4. The number of aromatic amines is 1. The number of aromatic nitrogens is 5. The second-order valence-electron chi connectivity index (χ2n) is 11.9. The number of carbonyl (C=O) groups is 1. The molecule has 6 N–H and O–H groups in total. The Morgan fingerprint density at radius 1 is 1.15 bits per heavy atom. The van der Waals surface area contributed by atoms with Crippen molar-refractivity contribution in [2.45, 2.75) is 44.2 Å². The molecule has 13 nitrogen and oxygen atoms in total. The summed E-state index contributed by atoms with van der Waals surface area (Å²) < 4.78 is 14.1. The molecule has 6 heterocycles. The van der Waals surface area contributed by atoms with E-state index < -0.39 is 5.91 Å². The number of ether oxygens (including phenoxy) is 1. The molecule has 6 aromatic rings. The summed E-state index contributed by atoms with van der Waals surface area (Å²) in [5.41, 5.74) is 17.5. The lowest BCUT2D eigenvalue weighted by Gasteiger charge is -2.30. The van der Waals surface area contributed by atoms with E-state index in [1.54, 1.807) is 10.5 Å². The van der Waals surface area contributed by atoms with Gasteiger partial charge in [-0.15, -0.1) is 21.5 Å². The van der Waals surface area contributed by atoms with Crippen molar-refractivity contribution >= 4 is 55.9 Å². The van der Waals surface area contributed by atoms with Crippen LogP contribution in [0.4, 0.5) is 11.8 Å². The van der Waals surface area contributed by atoms with Crippen LogP contribution >= 0.6 is 11.3 Å². The number of nitrogens with two attached hydrogens (primary N) is 2. The van der Waals surface area contributed by atoms with Crippen LogP contribution in [0.1, 0.15) is 47.3 Å². The quantitative estimate of drug-likeness (QED) is 0.201. The number of thiophene rings is 1. The van der Waals surface area contributed by atoms with Gasteiger partial charge in [0.25, 0.3) is 5.91 Å². The van der Waals surface area contributed by atoms with Crippen LogP contribution in [0.2, 0.25) is 0 Å². The van der Waals surface area contributed by atoms with Crippen LogP contribution in [-0.2, 0) is 11.2 Å². The Balaban J connectivity index is 1.20. The average Bonchev–Trinajstić information content (AvgIpc) is 3.83. The summed E-state index contributed by atoms with van der Waals surface area (Å²) in [5.74, 6) is 0.448. The van der Waals surface area contributed by atoms with Crippen molar-refractivity contribution in [2.24, 2.45) is 11.5 Å². The first-order chi connectivity index (χ1) is 22.5. The minimum absolute atomic E-state index is 0.00463. The van der Waals surface area contributed by atoms with Crippen molar-refractivity contribution in [1.82, 2.24) is 24.6 Å². The number of H-pyrrole nitrogens is 1. The van der Waals surface area contributed by atoms with E-state index in [0.717, 1.165) is 53.3 Å². The van der Waals surface area contributed by atoms with E-state index in [9.17, 15) is 9.59 Å². The van der Waals surface area contributed by atoms with E-state index >= 15 is 0 Å². The summed E-state index contributed by atoms with van der Waals surface area (Å²) in [7, 11) is 0. The molecule has 1 saturated carbocycles. The Bertz CT molecular complexity index is 2160. The number of morpholine rings is 1. The number of hydrogen-bond acceptors (Lipinski definition) is 11. The molecular weight excluding hydrogens is 606 g/mol. The summed E-state index contributed by atoms with van der Waals surface area (Å²) in [6.45, 7) is 2.51. The van der Waals surface area contributed by atoms with E-state index in [1.165, 1.54) is 17.7 Å². The predicted octanol–water partition coefficient (Wildman–Crippen LogP) is 3.65. The van der Waals surface area contributed by atoms with E-state index in [-0.39, 0.29) is 23.1 Å². The average molecular weight is 640 g/mol. The fourth-order valence-electron chi connectivity index (χ4n) is 6.75. The van der Waals surface area contributed by atoms with Gasteiger partial charge in [0.05, 0.1) is 18.9 Å². The zero-order valence-corrected chi connectivity index (χ0v) is 25.8. The molecule has 236 valence electrons. The van der Waals surface area contributed by atoms with E-state index in [1.807, 2.05) is 34.7 Å². The molecular formula is C32H33N9O4S. The fourth-order valence-corrected chi connectivity index (χ4v) is 7.65. The van der Waals surface area contributed by atoms with E-state index in [2.05, 4.69) is 20.5 Å². The Kier molecular flexibility index (Phi) is 7.19. The zero-order valence-electron chi connectivity index (χ0n) is 25.0. The van der Waals surface area contributed by atoms with Gasteiger partial charge in [-0.3, -0.25) is 14.0 Å². The van der Waals surface area contributed by atoms with Crippen LogP contribution < -0.4 is 27.1 Å². The molecule has 2 aliphatic rings. The molecule has 1 aliphatic heterocycles. The van der Waals surface area contributed by atoms with Crippen LogP contribution in [0.3, 0.4) is 0 Å². The van der Waals surface area contributed by atoms with Gasteiger partial charge in [0.2, 0.25) is 11.4 Å². The molecule has 2 fully saturated rings. The number of rotatable bonds is 7. The molecule has 2 atom stereocenters. The summed E-state index contributed by atoms with van der Waals surface area (Å²) in [6, 6.07) is 7.64. The van der Waals surface area contributed by atoms with E-state index in [4.69, 9.17) is 25.6 Å². The minimum Gasteiger partial charge on any atom is -0.439 e. The largest absolute Gasteiger partial charge is 0.439 e. The van der Waals surface area contributed by atoms with Gasteiger partial charge in [-0.2, -0.15) is 0 Å². The summed E-state index contributed by atoms with van der Waals surface area (Å²) in [4.78, 5) is 36.3. The lowest BCUT2D eigenvalue weighted by atomic mass is 9.91. The highest BCUT2D eigenvalue weighted by Gasteiger charge is 2.27. The van der Waals surface area contributed by atoms with Crippen molar-refractivity contribution in [3.8, 4) is 11.1 Å². The number of primary amides is 1. The highest BCUT2D eigenvalue weighted by Crippen LogP contribution is 2.39. The monoisotopic (exact) mass is 639 g/mol. The van der Waals surface area contributed by atoms with Crippen molar-refractivity contribution in [1.29, 1.82) is 0 Å². The predicted molar refractivity (Wildman–Crippen MR) is 177 cm³/mol. The molecule has 0 radical (unpaired) electrons. The molecule has 5 aromatic heterocycles. The van der Waals surface area contributed by atoms with Crippen LogP contribution in [0, 0.1) is 0 Å². The van der Waals surface area contributed by atoms with Gasteiger partial charge < -0.3 is 35.8 Å². The lowest BCUT2D eigenvalue weighted by molar-refractivity contribution is 0.1000. The number of nitrogens with zero attached hydrogens (tertiary/aromatic N) is 5. The molecule has 1 aliphatic carbocycles. The summed E-state index contributed by atoms with van der Waals surface area (Å²) >= 11 is 1.38. The van der Waals surface area contributed by atoms with Gasteiger partial charge in [0, 0.05) is 65.7 Å². The molecule has 0 unspecified atom stereocenters. The maximum absolute atomic E-state index is 13.1. The van der Waals surface area contributed by atoms with Crippen molar-refractivity contribution in [3.05, 3.63) is 69.2 Å². The third-order valence-electron chi connectivity index (χ3n) is 9.12. The SMILES string of the molecule is NC(=O)c1c(Cc2ccc(-c3csc4c(=O)cc(N5CCOCC5)oc34)c3cc[nH]c23)nc(N[C@H]2CCCC[C@H]2N)n2cnnc12. The number of fused-ring (bicyclic) bond motifs is 3. The van der Waals surface area contributed by atoms with Crippen molar-refractivity contribution in [3.63, 3.8) is 0 Å². The van der Waals surface area contributed by atoms with Gasteiger partial charge in [0.15, 0.2) is 17.1 Å². The van der Waals surface area contributed by atoms with Gasteiger partial charge >= 0.3 is 0 Å². The number of anilines is 2. The molecule has 46 heavy (non-hydrogen) atoms. The standard InChI is InChI=1S/C32H33N9O4S/c33-21-3-1-2-4-22(21)37-32-38-23(26(30(34)43)31-39-36-16-41(31)32)13-17-5-6-18(19-7-8-35-27(17)19)20-15-46-29-24(42)14-25(45-28(20)29)40-9-11-44-12-10-40/h5-8,14-16,21-22,35H,1-4,9-13,33H2,(H2,34,43)(H,37,38)/t21-,22+/m1/s1. The zero-order chi connectivity index (χ0) is 31.4. The molecule has 1 saturated heterocycles. The summed E-state index contributed by atoms with van der Waals surface area (Å²) in [5, 5.41) is 14.7. The van der Waals surface area contributed by atoms with Gasteiger partial charge in [-0.05, 0) is 30.0 Å².